The fraction of sp³-hybridized carbons (Fsp3) is 0.857. The Morgan fingerprint density at radius 1 is 1.58 bits per heavy atom. The highest BCUT2D eigenvalue weighted by Gasteiger charge is 2.36. The molecule has 2 amide bonds. The van der Waals surface area contributed by atoms with Gasteiger partial charge in [0, 0.05) is 32.2 Å². The van der Waals surface area contributed by atoms with Crippen LogP contribution >= 0.6 is 0 Å². The van der Waals surface area contributed by atoms with Gasteiger partial charge < -0.3 is 15.0 Å². The van der Waals surface area contributed by atoms with Crippen LogP contribution in [0.15, 0.2) is 0 Å². The van der Waals surface area contributed by atoms with Crippen molar-refractivity contribution in [3.63, 3.8) is 0 Å². The Balaban J connectivity index is 1.82. The van der Waals surface area contributed by atoms with Crippen LogP contribution in [0, 0.1) is 5.92 Å². The monoisotopic (exact) mass is 268 g/mol. The molecule has 5 nitrogen and oxygen atoms in total. The minimum absolute atomic E-state index is 0.0116. The van der Waals surface area contributed by atoms with Gasteiger partial charge in [-0.05, 0) is 26.2 Å². The van der Waals surface area contributed by atoms with E-state index in [1.807, 2.05) is 13.8 Å². The largest absolute Gasteiger partial charge is 0.376 e. The number of ether oxygens (including phenoxy) is 1. The molecule has 0 aromatic carbocycles. The maximum absolute atomic E-state index is 12.0. The van der Waals surface area contributed by atoms with Crippen molar-refractivity contribution in [2.75, 3.05) is 19.7 Å². The van der Waals surface area contributed by atoms with Gasteiger partial charge in [-0.3, -0.25) is 9.59 Å². The van der Waals surface area contributed by atoms with Gasteiger partial charge in [0.15, 0.2) is 0 Å². The fourth-order valence-electron chi connectivity index (χ4n) is 2.62. The highest BCUT2D eigenvalue weighted by atomic mass is 16.5. The molecule has 1 N–H and O–H groups in total. The molecule has 2 rings (SSSR count). The Labute approximate surface area is 114 Å². The topological polar surface area (TPSA) is 58.6 Å². The standard InChI is InChI=1S/C14H24N2O3/c1-3-10(2)15-14(18)11-7-13(17)16(8-11)9-12-5-4-6-19-12/h10-12H,3-9H2,1-2H3,(H,15,18). The molecule has 2 fully saturated rings. The summed E-state index contributed by atoms with van der Waals surface area (Å²) in [5.41, 5.74) is 0. The van der Waals surface area contributed by atoms with Crippen molar-refractivity contribution in [2.45, 2.75) is 51.7 Å². The van der Waals surface area contributed by atoms with Crippen molar-refractivity contribution in [1.29, 1.82) is 0 Å². The zero-order valence-electron chi connectivity index (χ0n) is 11.9. The van der Waals surface area contributed by atoms with Crippen molar-refractivity contribution in [1.82, 2.24) is 10.2 Å². The van der Waals surface area contributed by atoms with Crippen molar-refractivity contribution < 1.29 is 14.3 Å². The summed E-state index contributed by atoms with van der Waals surface area (Å²) in [4.78, 5) is 25.7. The van der Waals surface area contributed by atoms with Gasteiger partial charge in [0.1, 0.15) is 0 Å². The maximum Gasteiger partial charge on any atom is 0.225 e. The minimum Gasteiger partial charge on any atom is -0.376 e. The predicted molar refractivity (Wildman–Crippen MR) is 71.6 cm³/mol. The number of hydrogen-bond acceptors (Lipinski definition) is 3. The van der Waals surface area contributed by atoms with E-state index in [4.69, 9.17) is 4.74 Å². The van der Waals surface area contributed by atoms with E-state index in [9.17, 15) is 9.59 Å². The molecule has 2 aliphatic rings. The van der Waals surface area contributed by atoms with E-state index in [1.54, 1.807) is 4.90 Å². The van der Waals surface area contributed by atoms with Gasteiger partial charge in [-0.1, -0.05) is 6.92 Å². The van der Waals surface area contributed by atoms with Gasteiger partial charge in [-0.2, -0.15) is 0 Å². The third-order valence-electron chi connectivity index (χ3n) is 4.03. The van der Waals surface area contributed by atoms with Gasteiger partial charge in [0.25, 0.3) is 0 Å². The first-order valence-corrected chi connectivity index (χ1v) is 7.30. The summed E-state index contributed by atoms with van der Waals surface area (Å²) >= 11 is 0. The van der Waals surface area contributed by atoms with Crippen molar-refractivity contribution in [2.24, 2.45) is 5.92 Å². The zero-order valence-corrected chi connectivity index (χ0v) is 11.9. The predicted octanol–water partition coefficient (Wildman–Crippen LogP) is 0.929. The quantitative estimate of drug-likeness (QED) is 0.807. The molecule has 0 bridgehead atoms. The van der Waals surface area contributed by atoms with Gasteiger partial charge in [0.05, 0.1) is 12.0 Å². The number of nitrogens with one attached hydrogen (secondary N) is 1. The number of carbonyl (C=O) groups is 2. The molecular weight excluding hydrogens is 244 g/mol. The second-order valence-corrected chi connectivity index (χ2v) is 5.65. The van der Waals surface area contributed by atoms with Crippen LogP contribution in [0.1, 0.15) is 39.5 Å². The lowest BCUT2D eigenvalue weighted by Gasteiger charge is -2.20. The molecule has 108 valence electrons. The number of hydrogen-bond donors (Lipinski definition) is 1. The molecule has 3 unspecified atom stereocenters. The van der Waals surface area contributed by atoms with E-state index < -0.39 is 0 Å². The van der Waals surface area contributed by atoms with Crippen molar-refractivity contribution >= 4 is 11.8 Å². The van der Waals surface area contributed by atoms with Crippen LogP contribution in [0.3, 0.4) is 0 Å². The van der Waals surface area contributed by atoms with E-state index >= 15 is 0 Å². The Morgan fingerprint density at radius 3 is 3.00 bits per heavy atom. The number of amides is 2. The highest BCUT2D eigenvalue weighted by molar-refractivity contribution is 5.89. The molecule has 5 heteroatoms. The molecule has 0 aromatic rings. The summed E-state index contributed by atoms with van der Waals surface area (Å²) in [7, 11) is 0. The van der Waals surface area contributed by atoms with E-state index in [2.05, 4.69) is 5.32 Å². The highest BCUT2D eigenvalue weighted by Crippen LogP contribution is 2.21. The summed E-state index contributed by atoms with van der Waals surface area (Å²) in [6.45, 7) is 6.00. The van der Waals surface area contributed by atoms with E-state index in [1.165, 1.54) is 0 Å². The van der Waals surface area contributed by atoms with Crippen LogP contribution in [-0.2, 0) is 14.3 Å². The molecule has 0 aliphatic carbocycles. The van der Waals surface area contributed by atoms with Crippen LogP contribution in [-0.4, -0.2) is 48.6 Å². The van der Waals surface area contributed by atoms with Gasteiger partial charge in [0.2, 0.25) is 11.8 Å². The lowest BCUT2D eigenvalue weighted by molar-refractivity contribution is -0.130. The van der Waals surface area contributed by atoms with E-state index in [0.717, 1.165) is 25.9 Å². The number of likely N-dealkylation sites (tertiary alicyclic amines) is 1. The average molecular weight is 268 g/mol. The Hall–Kier alpha value is -1.10. The normalized spacial score (nSPS) is 28.7. The third-order valence-corrected chi connectivity index (χ3v) is 4.03. The summed E-state index contributed by atoms with van der Waals surface area (Å²) in [5, 5.41) is 2.96. The molecule has 0 saturated carbocycles. The maximum atomic E-state index is 12.0. The zero-order chi connectivity index (χ0) is 13.8. The average Bonchev–Trinajstić information content (AvgIpc) is 3.00. The first-order chi connectivity index (χ1) is 9.10. The van der Waals surface area contributed by atoms with Gasteiger partial charge in [-0.15, -0.1) is 0 Å². The molecule has 0 radical (unpaired) electrons. The Morgan fingerprint density at radius 2 is 2.37 bits per heavy atom. The summed E-state index contributed by atoms with van der Waals surface area (Å²) in [6.07, 6.45) is 3.51. The van der Waals surface area contributed by atoms with E-state index in [0.29, 0.717) is 19.5 Å². The van der Waals surface area contributed by atoms with Crippen LogP contribution < -0.4 is 5.32 Å². The molecule has 0 spiro atoms. The lowest BCUT2D eigenvalue weighted by atomic mass is 10.1. The van der Waals surface area contributed by atoms with Crippen LogP contribution in [0.25, 0.3) is 0 Å². The first kappa shape index (κ1) is 14.3. The summed E-state index contributed by atoms with van der Waals surface area (Å²) < 4.78 is 5.55. The summed E-state index contributed by atoms with van der Waals surface area (Å²) in [5.74, 6) is -0.0970. The molecule has 2 aliphatic heterocycles. The Kier molecular flexibility index (Phi) is 4.80. The molecule has 2 saturated heterocycles. The lowest BCUT2D eigenvalue weighted by Crippen LogP contribution is -2.39. The molecule has 3 atom stereocenters. The smallest absolute Gasteiger partial charge is 0.225 e. The van der Waals surface area contributed by atoms with Crippen molar-refractivity contribution in [3.05, 3.63) is 0 Å². The SMILES string of the molecule is CCC(C)NC(=O)C1CC(=O)N(CC2CCCO2)C1. The van der Waals surface area contributed by atoms with Gasteiger partial charge in [-0.25, -0.2) is 0 Å². The van der Waals surface area contributed by atoms with Crippen molar-refractivity contribution in [3.8, 4) is 0 Å². The van der Waals surface area contributed by atoms with Crippen LogP contribution in [0.5, 0.6) is 0 Å². The molecule has 2 heterocycles. The summed E-state index contributed by atoms with van der Waals surface area (Å²) in [6, 6.07) is 0.176. The molecular formula is C14H24N2O3. The van der Waals surface area contributed by atoms with Crippen LogP contribution in [0.2, 0.25) is 0 Å². The van der Waals surface area contributed by atoms with Crippen LogP contribution in [0.4, 0.5) is 0 Å². The second kappa shape index (κ2) is 6.37. The fourth-order valence-corrected chi connectivity index (χ4v) is 2.62. The number of carbonyl (C=O) groups excluding carboxylic acids is 2. The third kappa shape index (κ3) is 3.69. The molecule has 19 heavy (non-hydrogen) atoms. The minimum atomic E-state index is -0.192. The van der Waals surface area contributed by atoms with E-state index in [-0.39, 0.29) is 29.9 Å². The number of rotatable bonds is 5. The number of nitrogens with zero attached hydrogens (tertiary/aromatic N) is 1. The first-order valence-electron chi connectivity index (χ1n) is 7.30. The second-order valence-electron chi connectivity index (χ2n) is 5.65. The van der Waals surface area contributed by atoms with Gasteiger partial charge >= 0.3 is 0 Å². The molecule has 0 aromatic heterocycles. The Bertz CT molecular complexity index is 340.